The van der Waals surface area contributed by atoms with E-state index >= 15 is 0 Å². The molecule has 0 radical (unpaired) electrons. The van der Waals surface area contributed by atoms with Crippen molar-refractivity contribution in [3.8, 4) is 0 Å². The Labute approximate surface area is 201 Å². The third-order valence-corrected chi connectivity index (χ3v) is 8.21. The topological polar surface area (TPSA) is 71.1 Å². The Morgan fingerprint density at radius 3 is 1.74 bits per heavy atom. The SMILES string of the molecule is CCCC(I)OC(=O)COC1CCC(C(C)(C)C2CCC(OCC(=O)OC)CC2)CC1. The van der Waals surface area contributed by atoms with Crippen molar-refractivity contribution in [3.63, 3.8) is 0 Å². The van der Waals surface area contributed by atoms with Gasteiger partial charge < -0.3 is 18.9 Å². The third-order valence-electron chi connectivity index (χ3n) is 7.33. The lowest BCUT2D eigenvalue weighted by atomic mass is 9.60. The highest BCUT2D eigenvalue weighted by Crippen LogP contribution is 2.48. The molecule has 1 unspecified atom stereocenters. The van der Waals surface area contributed by atoms with Gasteiger partial charge in [0.15, 0.2) is 4.11 Å². The van der Waals surface area contributed by atoms with Crippen molar-refractivity contribution in [2.45, 2.75) is 101 Å². The van der Waals surface area contributed by atoms with E-state index in [0.29, 0.717) is 11.8 Å². The highest BCUT2D eigenvalue weighted by molar-refractivity contribution is 14.1. The summed E-state index contributed by atoms with van der Waals surface area (Å²) in [7, 11) is 1.39. The Morgan fingerprint density at radius 1 is 0.871 bits per heavy atom. The molecule has 180 valence electrons. The minimum absolute atomic E-state index is 0.0591. The first kappa shape index (κ1) is 26.8. The van der Waals surface area contributed by atoms with Crippen LogP contribution >= 0.6 is 22.6 Å². The van der Waals surface area contributed by atoms with Gasteiger partial charge >= 0.3 is 11.9 Å². The van der Waals surface area contributed by atoms with Crippen LogP contribution in [-0.4, -0.2) is 48.6 Å². The van der Waals surface area contributed by atoms with Crippen LogP contribution in [0.2, 0.25) is 0 Å². The Bertz CT molecular complexity index is 550. The first-order valence-corrected chi connectivity index (χ1v) is 13.1. The molecule has 0 spiro atoms. The normalized spacial score (nSPS) is 28.0. The summed E-state index contributed by atoms with van der Waals surface area (Å²) >= 11 is 2.17. The van der Waals surface area contributed by atoms with Crippen LogP contribution in [0.4, 0.5) is 0 Å². The van der Waals surface area contributed by atoms with Gasteiger partial charge in [-0.05, 0) is 97.6 Å². The fraction of sp³-hybridized carbons (Fsp3) is 0.917. The lowest BCUT2D eigenvalue weighted by molar-refractivity contribution is -0.153. The number of carbonyl (C=O) groups is 2. The molecule has 2 aliphatic rings. The summed E-state index contributed by atoms with van der Waals surface area (Å²) in [5.41, 5.74) is 0.284. The number of methoxy groups -OCH3 is 1. The molecule has 0 aliphatic heterocycles. The van der Waals surface area contributed by atoms with Gasteiger partial charge in [-0.25, -0.2) is 9.59 Å². The number of rotatable bonds is 11. The first-order chi connectivity index (χ1) is 14.8. The molecule has 6 nitrogen and oxygen atoms in total. The van der Waals surface area contributed by atoms with Crippen molar-refractivity contribution in [1.82, 2.24) is 0 Å². The van der Waals surface area contributed by atoms with E-state index in [1.165, 1.54) is 7.11 Å². The van der Waals surface area contributed by atoms with Crippen molar-refractivity contribution in [1.29, 1.82) is 0 Å². The quantitative estimate of drug-likeness (QED) is 0.193. The summed E-state index contributed by atoms with van der Waals surface area (Å²) in [5.74, 6) is 0.813. The maximum Gasteiger partial charge on any atom is 0.333 e. The van der Waals surface area contributed by atoms with Gasteiger partial charge in [-0.1, -0.05) is 27.2 Å². The molecule has 2 fully saturated rings. The van der Waals surface area contributed by atoms with Crippen molar-refractivity contribution in [2.75, 3.05) is 20.3 Å². The second kappa shape index (κ2) is 13.3. The molecule has 0 aromatic carbocycles. The molecule has 2 aliphatic carbocycles. The van der Waals surface area contributed by atoms with Crippen molar-refractivity contribution >= 4 is 34.5 Å². The molecular weight excluding hydrogens is 511 g/mol. The number of alkyl halides is 1. The lowest BCUT2D eigenvalue weighted by Crippen LogP contribution is -2.39. The van der Waals surface area contributed by atoms with Gasteiger partial charge in [0.05, 0.1) is 19.3 Å². The average Bonchev–Trinajstić information content (AvgIpc) is 2.76. The highest BCUT2D eigenvalue weighted by atomic mass is 127. The van der Waals surface area contributed by atoms with E-state index in [1.54, 1.807) is 0 Å². The minimum Gasteiger partial charge on any atom is -0.467 e. The molecular formula is C24H41IO6. The number of ether oxygens (including phenoxy) is 4. The molecule has 0 heterocycles. The van der Waals surface area contributed by atoms with Crippen LogP contribution in [-0.2, 0) is 28.5 Å². The third kappa shape index (κ3) is 8.80. The van der Waals surface area contributed by atoms with Gasteiger partial charge in [0.1, 0.15) is 13.2 Å². The number of esters is 2. The standard InChI is InChI=1S/C24H41IO6/c1-5-6-21(25)31-23(27)16-30-20-13-9-18(10-14-20)24(2,3)17-7-11-19(12-8-17)29-15-22(26)28-4/h17-21H,5-16H2,1-4H3. The van der Waals surface area contributed by atoms with Crippen LogP contribution in [0.5, 0.6) is 0 Å². The van der Waals surface area contributed by atoms with Crippen LogP contribution in [0.15, 0.2) is 0 Å². The predicted molar refractivity (Wildman–Crippen MR) is 128 cm³/mol. The minimum atomic E-state index is -0.301. The summed E-state index contributed by atoms with van der Waals surface area (Å²) in [6.45, 7) is 7.05. The zero-order chi connectivity index (χ0) is 22.9. The summed E-state index contributed by atoms with van der Waals surface area (Å²) in [5, 5.41) is 0. The largest absolute Gasteiger partial charge is 0.467 e. The summed E-state index contributed by atoms with van der Waals surface area (Å²) in [6, 6.07) is 0. The number of carbonyl (C=O) groups excluding carboxylic acids is 2. The smallest absolute Gasteiger partial charge is 0.333 e. The van der Waals surface area contributed by atoms with Gasteiger partial charge in [-0.3, -0.25) is 0 Å². The van der Waals surface area contributed by atoms with Crippen LogP contribution in [0.3, 0.4) is 0 Å². The lowest BCUT2D eigenvalue weighted by Gasteiger charge is -2.46. The molecule has 0 bridgehead atoms. The van der Waals surface area contributed by atoms with Crippen molar-refractivity contribution in [3.05, 3.63) is 0 Å². The molecule has 0 amide bonds. The molecule has 0 N–H and O–H groups in total. The van der Waals surface area contributed by atoms with E-state index in [2.05, 4.69) is 48.1 Å². The monoisotopic (exact) mass is 552 g/mol. The summed E-state index contributed by atoms with van der Waals surface area (Å²) in [4.78, 5) is 23.2. The maximum absolute atomic E-state index is 11.9. The Morgan fingerprint density at radius 2 is 1.32 bits per heavy atom. The Kier molecular flexibility index (Phi) is 11.5. The number of hydrogen-bond donors (Lipinski definition) is 0. The molecule has 7 heteroatoms. The fourth-order valence-corrected chi connectivity index (χ4v) is 6.08. The van der Waals surface area contributed by atoms with E-state index in [1.807, 2.05) is 0 Å². The van der Waals surface area contributed by atoms with Gasteiger partial charge in [0, 0.05) is 0 Å². The second-order valence-corrected chi connectivity index (χ2v) is 11.0. The average molecular weight is 552 g/mol. The van der Waals surface area contributed by atoms with Gasteiger partial charge in [-0.2, -0.15) is 0 Å². The second-order valence-electron chi connectivity index (χ2n) is 9.66. The molecule has 0 saturated heterocycles. The number of hydrogen-bond acceptors (Lipinski definition) is 6. The fourth-order valence-electron chi connectivity index (χ4n) is 5.17. The van der Waals surface area contributed by atoms with Crippen molar-refractivity contribution in [2.24, 2.45) is 17.3 Å². The molecule has 0 aromatic rings. The van der Waals surface area contributed by atoms with Crippen LogP contribution < -0.4 is 0 Å². The summed E-state index contributed by atoms with van der Waals surface area (Å²) < 4.78 is 21.5. The van der Waals surface area contributed by atoms with E-state index in [-0.39, 0.29) is 46.9 Å². The molecule has 31 heavy (non-hydrogen) atoms. The molecule has 2 rings (SSSR count). The molecule has 0 aromatic heterocycles. The predicted octanol–water partition coefficient (Wildman–Crippen LogP) is 5.44. The molecule has 2 saturated carbocycles. The van der Waals surface area contributed by atoms with E-state index in [4.69, 9.17) is 14.2 Å². The molecule has 1 atom stereocenters. The van der Waals surface area contributed by atoms with Crippen LogP contribution in [0, 0.1) is 17.3 Å². The zero-order valence-electron chi connectivity index (χ0n) is 19.7. The van der Waals surface area contributed by atoms with Crippen LogP contribution in [0.25, 0.3) is 0 Å². The Hall–Kier alpha value is -0.410. The summed E-state index contributed by atoms with van der Waals surface area (Å²) in [6.07, 6.45) is 10.9. The zero-order valence-corrected chi connectivity index (χ0v) is 21.9. The van der Waals surface area contributed by atoms with Gasteiger partial charge in [-0.15, -0.1) is 0 Å². The van der Waals surface area contributed by atoms with E-state index in [9.17, 15) is 9.59 Å². The first-order valence-electron chi connectivity index (χ1n) is 11.9. The van der Waals surface area contributed by atoms with Crippen LogP contribution in [0.1, 0.15) is 85.0 Å². The highest BCUT2D eigenvalue weighted by Gasteiger charge is 2.40. The van der Waals surface area contributed by atoms with E-state index in [0.717, 1.165) is 64.2 Å². The van der Waals surface area contributed by atoms with Gasteiger partial charge in [0.25, 0.3) is 0 Å². The van der Waals surface area contributed by atoms with Crippen molar-refractivity contribution < 1.29 is 28.5 Å². The Balaban J connectivity index is 1.69. The number of halogens is 1. The van der Waals surface area contributed by atoms with E-state index < -0.39 is 0 Å². The van der Waals surface area contributed by atoms with Gasteiger partial charge in [0.2, 0.25) is 0 Å². The maximum atomic E-state index is 11.9.